The molecule has 21 heavy (non-hydrogen) atoms. The van der Waals surface area contributed by atoms with Gasteiger partial charge in [0, 0.05) is 11.4 Å². The van der Waals surface area contributed by atoms with E-state index in [-0.39, 0.29) is 12.4 Å². The van der Waals surface area contributed by atoms with Crippen molar-refractivity contribution in [2.24, 2.45) is 0 Å². The van der Waals surface area contributed by atoms with E-state index in [4.69, 9.17) is 4.42 Å². The van der Waals surface area contributed by atoms with E-state index in [0.717, 1.165) is 16.9 Å². The number of hydrogen-bond donors (Lipinski definition) is 1. The van der Waals surface area contributed by atoms with Crippen molar-refractivity contribution in [3.8, 4) is 0 Å². The van der Waals surface area contributed by atoms with Crippen LogP contribution < -0.4 is 0 Å². The van der Waals surface area contributed by atoms with Gasteiger partial charge in [-0.15, -0.1) is 11.3 Å². The number of carboxylic acids is 1. The quantitative estimate of drug-likeness (QED) is 0.688. The Balaban J connectivity index is 1.84. The summed E-state index contributed by atoms with van der Waals surface area (Å²) in [5.41, 5.74) is 0.805. The molecule has 0 radical (unpaired) electrons. The lowest BCUT2D eigenvalue weighted by atomic mass is 10.00. The van der Waals surface area contributed by atoms with Gasteiger partial charge in [0.2, 0.25) is 0 Å². The Morgan fingerprint density at radius 1 is 1.52 bits per heavy atom. The van der Waals surface area contributed by atoms with E-state index >= 15 is 0 Å². The monoisotopic (exact) mass is 308 g/mol. The van der Waals surface area contributed by atoms with Crippen LogP contribution in [0.15, 0.2) is 28.0 Å². The van der Waals surface area contributed by atoms with Crippen LogP contribution in [0.5, 0.6) is 0 Å². The van der Waals surface area contributed by atoms with Gasteiger partial charge in [0.15, 0.2) is 0 Å². The van der Waals surface area contributed by atoms with Crippen molar-refractivity contribution in [2.45, 2.75) is 19.0 Å². The van der Waals surface area contributed by atoms with E-state index in [1.54, 1.807) is 16.2 Å². The SMILES string of the molecule is O=C(O)C1c2ccsc2CCN1Cc1ccc([N+](=O)[O-])o1. The molecule has 7 nitrogen and oxygen atoms in total. The van der Waals surface area contributed by atoms with Crippen LogP contribution in [0.4, 0.5) is 5.88 Å². The second kappa shape index (κ2) is 5.30. The Morgan fingerprint density at radius 2 is 2.33 bits per heavy atom. The summed E-state index contributed by atoms with van der Waals surface area (Å²) in [4.78, 5) is 24.4. The van der Waals surface area contributed by atoms with Crippen molar-refractivity contribution < 1.29 is 19.2 Å². The van der Waals surface area contributed by atoms with Gasteiger partial charge in [-0.1, -0.05) is 0 Å². The van der Waals surface area contributed by atoms with Crippen LogP contribution in [0.2, 0.25) is 0 Å². The number of carboxylic acid groups (broad SMARTS) is 1. The minimum absolute atomic E-state index is 0.236. The lowest BCUT2D eigenvalue weighted by molar-refractivity contribution is -0.402. The molecule has 0 bridgehead atoms. The summed E-state index contributed by atoms with van der Waals surface area (Å²) < 4.78 is 5.11. The number of fused-ring (bicyclic) bond motifs is 1. The second-order valence-corrected chi connectivity index (χ2v) is 5.76. The molecule has 0 aliphatic carbocycles. The molecule has 0 saturated heterocycles. The zero-order valence-electron chi connectivity index (χ0n) is 10.9. The molecule has 2 aromatic rings. The predicted molar refractivity (Wildman–Crippen MR) is 74.2 cm³/mol. The summed E-state index contributed by atoms with van der Waals surface area (Å²) in [6, 6.07) is 3.89. The maximum Gasteiger partial charge on any atom is 0.433 e. The minimum Gasteiger partial charge on any atom is -0.480 e. The predicted octanol–water partition coefficient (Wildman–Crippen LogP) is 2.43. The molecule has 1 N–H and O–H groups in total. The van der Waals surface area contributed by atoms with Crippen LogP contribution in [0.25, 0.3) is 0 Å². The maximum absolute atomic E-state index is 11.6. The van der Waals surface area contributed by atoms with Gasteiger partial charge >= 0.3 is 11.9 Å². The molecule has 0 fully saturated rings. The molecule has 0 saturated carbocycles. The molecule has 0 amide bonds. The molecular formula is C13H12N2O5S. The Hall–Kier alpha value is -2.19. The molecule has 1 atom stereocenters. The molecule has 1 aliphatic rings. The van der Waals surface area contributed by atoms with Crippen LogP contribution >= 0.6 is 11.3 Å². The first-order valence-electron chi connectivity index (χ1n) is 6.32. The van der Waals surface area contributed by atoms with E-state index in [2.05, 4.69) is 0 Å². The highest BCUT2D eigenvalue weighted by atomic mass is 32.1. The number of thiophene rings is 1. The first-order chi connectivity index (χ1) is 10.1. The number of nitro groups is 1. The van der Waals surface area contributed by atoms with Crippen molar-refractivity contribution in [3.05, 3.63) is 49.9 Å². The Kier molecular flexibility index (Phi) is 3.48. The summed E-state index contributed by atoms with van der Waals surface area (Å²) in [7, 11) is 0. The summed E-state index contributed by atoms with van der Waals surface area (Å²) in [6.45, 7) is 0.819. The Morgan fingerprint density at radius 3 is 3.00 bits per heavy atom. The third-order valence-corrected chi connectivity index (χ3v) is 4.48. The first kappa shape index (κ1) is 13.8. The van der Waals surface area contributed by atoms with Crippen molar-refractivity contribution in [3.63, 3.8) is 0 Å². The van der Waals surface area contributed by atoms with E-state index in [9.17, 15) is 20.0 Å². The fraction of sp³-hybridized carbons (Fsp3) is 0.308. The van der Waals surface area contributed by atoms with E-state index in [1.807, 2.05) is 11.4 Å². The maximum atomic E-state index is 11.6. The number of carbonyl (C=O) groups is 1. The van der Waals surface area contributed by atoms with Crippen LogP contribution in [0, 0.1) is 10.1 Å². The van der Waals surface area contributed by atoms with E-state index in [0.29, 0.717) is 12.3 Å². The average molecular weight is 308 g/mol. The second-order valence-electron chi connectivity index (χ2n) is 4.76. The normalized spacial score (nSPS) is 18.4. The standard InChI is InChI=1S/C13H12N2O5S/c16-13(17)12-9-4-6-21-10(9)3-5-14(12)7-8-1-2-11(20-8)15(18)19/h1-2,4,6,12H,3,5,7H2,(H,16,17). The van der Waals surface area contributed by atoms with Crippen molar-refractivity contribution in [1.82, 2.24) is 4.90 Å². The molecule has 8 heteroatoms. The summed E-state index contributed by atoms with van der Waals surface area (Å²) in [6.07, 6.45) is 0.777. The number of furan rings is 1. The summed E-state index contributed by atoms with van der Waals surface area (Å²) in [5.74, 6) is -0.854. The lowest BCUT2D eigenvalue weighted by Crippen LogP contribution is -2.38. The van der Waals surface area contributed by atoms with Gasteiger partial charge in [-0.3, -0.25) is 19.8 Å². The van der Waals surface area contributed by atoms with E-state index < -0.39 is 16.9 Å². The topological polar surface area (TPSA) is 96.8 Å². The lowest BCUT2D eigenvalue weighted by Gasteiger charge is -2.32. The largest absolute Gasteiger partial charge is 0.480 e. The van der Waals surface area contributed by atoms with Gasteiger partial charge in [-0.25, -0.2) is 0 Å². The van der Waals surface area contributed by atoms with Crippen molar-refractivity contribution in [1.29, 1.82) is 0 Å². The summed E-state index contributed by atoms with van der Waals surface area (Å²) in [5, 5.41) is 22.0. The third kappa shape index (κ3) is 2.55. The smallest absolute Gasteiger partial charge is 0.433 e. The molecule has 1 unspecified atom stereocenters. The highest BCUT2D eigenvalue weighted by Gasteiger charge is 2.34. The molecule has 0 aromatic carbocycles. The average Bonchev–Trinajstić information content (AvgIpc) is 3.06. The Bertz CT molecular complexity index is 692. The molecule has 1 aliphatic heterocycles. The zero-order chi connectivity index (χ0) is 15.0. The zero-order valence-corrected chi connectivity index (χ0v) is 11.7. The van der Waals surface area contributed by atoms with Gasteiger partial charge < -0.3 is 9.52 Å². The van der Waals surface area contributed by atoms with Crippen LogP contribution in [-0.4, -0.2) is 27.4 Å². The number of hydrogen-bond acceptors (Lipinski definition) is 6. The molecule has 2 aromatic heterocycles. The van der Waals surface area contributed by atoms with Gasteiger partial charge in [-0.05, 0) is 29.5 Å². The van der Waals surface area contributed by atoms with Gasteiger partial charge in [0.25, 0.3) is 0 Å². The highest BCUT2D eigenvalue weighted by molar-refractivity contribution is 7.10. The first-order valence-corrected chi connectivity index (χ1v) is 7.20. The van der Waals surface area contributed by atoms with Crippen molar-refractivity contribution >= 4 is 23.2 Å². The fourth-order valence-corrected chi connectivity index (χ4v) is 3.48. The molecule has 3 heterocycles. The van der Waals surface area contributed by atoms with E-state index in [1.165, 1.54) is 12.1 Å². The highest BCUT2D eigenvalue weighted by Crippen LogP contribution is 2.34. The van der Waals surface area contributed by atoms with Crippen LogP contribution in [0.3, 0.4) is 0 Å². The van der Waals surface area contributed by atoms with Gasteiger partial charge in [0.1, 0.15) is 16.7 Å². The van der Waals surface area contributed by atoms with Crippen molar-refractivity contribution in [2.75, 3.05) is 6.54 Å². The molecule has 110 valence electrons. The molecular weight excluding hydrogens is 296 g/mol. The Labute approximate surface area is 123 Å². The van der Waals surface area contributed by atoms with Crippen LogP contribution in [0.1, 0.15) is 22.2 Å². The number of aliphatic carboxylic acids is 1. The van der Waals surface area contributed by atoms with Gasteiger partial charge in [0.05, 0.1) is 12.6 Å². The minimum atomic E-state index is -0.921. The van der Waals surface area contributed by atoms with Gasteiger partial charge in [-0.2, -0.15) is 0 Å². The summed E-state index contributed by atoms with van der Waals surface area (Å²) >= 11 is 1.56. The number of rotatable bonds is 4. The molecule has 0 spiro atoms. The van der Waals surface area contributed by atoms with Crippen LogP contribution in [-0.2, 0) is 17.8 Å². The third-order valence-electron chi connectivity index (χ3n) is 3.49. The molecule has 3 rings (SSSR count). The number of nitrogens with zero attached hydrogens (tertiary/aromatic N) is 2. The fourth-order valence-electron chi connectivity index (χ4n) is 2.58.